The first-order valence-electron chi connectivity index (χ1n) is 5.43. The van der Waals surface area contributed by atoms with Crippen LogP contribution in [-0.4, -0.2) is 31.9 Å². The van der Waals surface area contributed by atoms with Gasteiger partial charge in [0.05, 0.1) is 19.8 Å². The van der Waals surface area contributed by atoms with Crippen molar-refractivity contribution in [1.29, 1.82) is 0 Å². The van der Waals surface area contributed by atoms with Gasteiger partial charge in [-0.25, -0.2) is 0 Å². The first kappa shape index (κ1) is 11.2. The molecule has 0 radical (unpaired) electrons. The molecule has 1 aliphatic heterocycles. The van der Waals surface area contributed by atoms with E-state index in [-0.39, 0.29) is 11.9 Å². The molecule has 0 spiro atoms. The Bertz CT molecular complexity index is 373. The minimum absolute atomic E-state index is 0.0942. The van der Waals surface area contributed by atoms with Crippen LogP contribution in [-0.2, 0) is 4.74 Å². The van der Waals surface area contributed by atoms with Crippen LogP contribution in [0, 0.1) is 6.92 Å². The summed E-state index contributed by atoms with van der Waals surface area (Å²) in [7, 11) is 1.56. The highest BCUT2D eigenvalue weighted by Gasteiger charge is 2.21. The lowest BCUT2D eigenvalue weighted by Crippen LogP contribution is -2.33. The van der Waals surface area contributed by atoms with Crippen LogP contribution < -0.4 is 10.1 Å². The van der Waals surface area contributed by atoms with Crippen LogP contribution in [0.5, 0.6) is 11.5 Å². The van der Waals surface area contributed by atoms with Crippen molar-refractivity contribution in [1.82, 2.24) is 5.32 Å². The molecule has 1 atom stereocenters. The molecular weight excluding hydrogens is 206 g/mol. The molecule has 1 aromatic rings. The second-order valence-corrected chi connectivity index (χ2v) is 3.92. The van der Waals surface area contributed by atoms with Gasteiger partial charge in [0.1, 0.15) is 0 Å². The zero-order chi connectivity index (χ0) is 11.5. The van der Waals surface area contributed by atoms with Crippen LogP contribution in [0.2, 0.25) is 0 Å². The van der Waals surface area contributed by atoms with Crippen molar-refractivity contribution in [2.45, 2.75) is 13.0 Å². The predicted octanol–water partition coefficient (Wildman–Crippen LogP) is 1.37. The van der Waals surface area contributed by atoms with Gasteiger partial charge in [0, 0.05) is 18.7 Å². The van der Waals surface area contributed by atoms with Gasteiger partial charge in [-0.1, -0.05) is 12.1 Å². The van der Waals surface area contributed by atoms with Gasteiger partial charge in [0.2, 0.25) is 0 Å². The summed E-state index contributed by atoms with van der Waals surface area (Å²) in [5.74, 6) is 0.725. The van der Waals surface area contributed by atoms with Crippen LogP contribution in [0.1, 0.15) is 17.2 Å². The molecule has 0 amide bonds. The van der Waals surface area contributed by atoms with Crippen molar-refractivity contribution < 1.29 is 14.6 Å². The molecule has 0 saturated carbocycles. The molecule has 4 heteroatoms. The van der Waals surface area contributed by atoms with Crippen molar-refractivity contribution in [3.63, 3.8) is 0 Å². The van der Waals surface area contributed by atoms with Crippen LogP contribution in [0.15, 0.2) is 12.1 Å². The largest absolute Gasteiger partial charge is 0.504 e. The van der Waals surface area contributed by atoms with E-state index in [1.807, 2.05) is 19.1 Å². The maximum Gasteiger partial charge on any atom is 0.163 e. The average molecular weight is 223 g/mol. The van der Waals surface area contributed by atoms with Crippen LogP contribution in [0.25, 0.3) is 0 Å². The van der Waals surface area contributed by atoms with Crippen molar-refractivity contribution >= 4 is 0 Å². The van der Waals surface area contributed by atoms with Crippen molar-refractivity contribution in [3.05, 3.63) is 23.3 Å². The third kappa shape index (κ3) is 1.99. The third-order valence-corrected chi connectivity index (χ3v) is 2.84. The molecule has 0 aromatic heterocycles. The van der Waals surface area contributed by atoms with E-state index in [0.29, 0.717) is 12.4 Å². The van der Waals surface area contributed by atoms with Gasteiger partial charge in [0.25, 0.3) is 0 Å². The van der Waals surface area contributed by atoms with Crippen LogP contribution in [0.3, 0.4) is 0 Å². The number of morpholine rings is 1. The fourth-order valence-corrected chi connectivity index (χ4v) is 1.97. The molecule has 1 heterocycles. The lowest BCUT2D eigenvalue weighted by atomic mass is 10.0. The Labute approximate surface area is 95.2 Å². The summed E-state index contributed by atoms with van der Waals surface area (Å²) in [6, 6.07) is 3.83. The van der Waals surface area contributed by atoms with E-state index in [0.717, 1.165) is 24.2 Å². The molecule has 88 valence electrons. The number of phenols is 1. The van der Waals surface area contributed by atoms with E-state index >= 15 is 0 Å². The molecule has 2 N–H and O–H groups in total. The second kappa shape index (κ2) is 4.72. The molecule has 1 fully saturated rings. The van der Waals surface area contributed by atoms with Crippen molar-refractivity contribution in [2.24, 2.45) is 0 Å². The van der Waals surface area contributed by atoms with Gasteiger partial charge in [-0.05, 0) is 12.5 Å². The Morgan fingerprint density at radius 3 is 2.94 bits per heavy atom. The van der Waals surface area contributed by atoms with Crippen molar-refractivity contribution in [3.8, 4) is 11.5 Å². The van der Waals surface area contributed by atoms with E-state index in [9.17, 15) is 5.11 Å². The number of ether oxygens (including phenoxy) is 2. The molecule has 1 aromatic carbocycles. The monoisotopic (exact) mass is 223 g/mol. The summed E-state index contributed by atoms with van der Waals surface area (Å²) in [6.45, 7) is 4.16. The maximum atomic E-state index is 10.1. The molecule has 0 bridgehead atoms. The lowest BCUT2D eigenvalue weighted by molar-refractivity contribution is 0.0261. The smallest absolute Gasteiger partial charge is 0.163 e. The standard InChI is InChI=1S/C12H17NO3/c1-8-3-4-9(11(14)12(8)15-2)10-7-13-5-6-16-10/h3-4,10,13-14H,5-7H2,1-2H3. The summed E-state index contributed by atoms with van der Waals surface area (Å²) in [6.07, 6.45) is -0.0942. The van der Waals surface area contributed by atoms with Gasteiger partial charge >= 0.3 is 0 Å². The number of methoxy groups -OCH3 is 1. The fourth-order valence-electron chi connectivity index (χ4n) is 1.97. The summed E-state index contributed by atoms with van der Waals surface area (Å²) >= 11 is 0. The van der Waals surface area contributed by atoms with E-state index < -0.39 is 0 Å². The van der Waals surface area contributed by atoms with E-state index in [1.165, 1.54) is 0 Å². The molecule has 1 saturated heterocycles. The summed E-state index contributed by atoms with van der Waals surface area (Å²) in [5.41, 5.74) is 1.71. The minimum Gasteiger partial charge on any atom is -0.504 e. The predicted molar refractivity (Wildman–Crippen MR) is 61.0 cm³/mol. The number of benzene rings is 1. The van der Waals surface area contributed by atoms with Crippen molar-refractivity contribution in [2.75, 3.05) is 26.8 Å². The second-order valence-electron chi connectivity index (χ2n) is 3.92. The SMILES string of the molecule is COc1c(C)ccc(C2CNCCO2)c1O. The highest BCUT2D eigenvalue weighted by atomic mass is 16.5. The lowest BCUT2D eigenvalue weighted by Gasteiger charge is -2.25. The number of aryl methyl sites for hydroxylation is 1. The zero-order valence-electron chi connectivity index (χ0n) is 9.62. The normalized spacial score (nSPS) is 20.8. The van der Waals surface area contributed by atoms with Gasteiger partial charge < -0.3 is 19.9 Å². The number of phenolic OH excluding ortho intramolecular Hbond substituents is 1. The molecule has 1 aliphatic rings. The highest BCUT2D eigenvalue weighted by Crippen LogP contribution is 2.37. The van der Waals surface area contributed by atoms with Gasteiger partial charge in [-0.2, -0.15) is 0 Å². The van der Waals surface area contributed by atoms with E-state index in [2.05, 4.69) is 5.32 Å². The number of nitrogens with one attached hydrogen (secondary N) is 1. The Balaban J connectivity index is 2.33. The van der Waals surface area contributed by atoms with Gasteiger partial charge in [-0.3, -0.25) is 0 Å². The number of hydrogen-bond acceptors (Lipinski definition) is 4. The quantitative estimate of drug-likeness (QED) is 0.795. The zero-order valence-corrected chi connectivity index (χ0v) is 9.62. The summed E-state index contributed by atoms with van der Waals surface area (Å²) in [4.78, 5) is 0. The topological polar surface area (TPSA) is 50.7 Å². The van der Waals surface area contributed by atoms with E-state index in [1.54, 1.807) is 7.11 Å². The first-order valence-corrected chi connectivity index (χ1v) is 5.43. The molecule has 0 aliphatic carbocycles. The maximum absolute atomic E-state index is 10.1. The Morgan fingerprint density at radius 2 is 2.31 bits per heavy atom. The molecule has 1 unspecified atom stereocenters. The Hall–Kier alpha value is -1.26. The Morgan fingerprint density at radius 1 is 1.50 bits per heavy atom. The third-order valence-electron chi connectivity index (χ3n) is 2.84. The Kier molecular flexibility index (Phi) is 3.31. The molecule has 16 heavy (non-hydrogen) atoms. The van der Waals surface area contributed by atoms with Gasteiger partial charge in [0.15, 0.2) is 11.5 Å². The molecular formula is C12H17NO3. The molecule has 2 rings (SSSR count). The van der Waals surface area contributed by atoms with Crippen LogP contribution >= 0.6 is 0 Å². The number of rotatable bonds is 2. The summed E-state index contributed by atoms with van der Waals surface area (Å²) in [5, 5.41) is 13.3. The van der Waals surface area contributed by atoms with E-state index in [4.69, 9.17) is 9.47 Å². The summed E-state index contributed by atoms with van der Waals surface area (Å²) < 4.78 is 10.8. The average Bonchev–Trinajstić information content (AvgIpc) is 2.31. The van der Waals surface area contributed by atoms with Crippen LogP contribution in [0.4, 0.5) is 0 Å². The minimum atomic E-state index is -0.0942. The highest BCUT2D eigenvalue weighted by molar-refractivity contribution is 5.51. The number of aromatic hydroxyl groups is 1. The molecule has 4 nitrogen and oxygen atoms in total. The first-order chi connectivity index (χ1) is 7.74. The van der Waals surface area contributed by atoms with Gasteiger partial charge in [-0.15, -0.1) is 0 Å². The number of hydrogen-bond donors (Lipinski definition) is 2. The fraction of sp³-hybridized carbons (Fsp3) is 0.500.